The van der Waals surface area contributed by atoms with Gasteiger partial charge in [-0.2, -0.15) is 10.2 Å². The lowest BCUT2D eigenvalue weighted by Gasteiger charge is -2.11. The first-order valence-electron chi connectivity index (χ1n) is 8.00. The van der Waals surface area contributed by atoms with Crippen LogP contribution in [-0.4, -0.2) is 26.7 Å². The van der Waals surface area contributed by atoms with Crippen molar-refractivity contribution in [2.75, 3.05) is 7.11 Å². The topological polar surface area (TPSA) is 56.9 Å². The van der Waals surface area contributed by atoms with Crippen molar-refractivity contribution in [2.24, 2.45) is 7.05 Å². The summed E-state index contributed by atoms with van der Waals surface area (Å²) in [6, 6.07) is 10.4. The molecule has 0 unspecified atom stereocenters. The quantitative estimate of drug-likeness (QED) is 0.724. The molecule has 2 aromatic heterocycles. The van der Waals surface area contributed by atoms with Gasteiger partial charge in [-0.1, -0.05) is 24.3 Å². The molecule has 0 saturated heterocycles. The van der Waals surface area contributed by atoms with E-state index < -0.39 is 0 Å². The average Bonchev–Trinajstić information content (AvgIpc) is 3.17. The molecule has 0 fully saturated rings. The monoisotopic (exact) mass is 325 g/mol. The Morgan fingerprint density at radius 1 is 1.12 bits per heavy atom. The smallest absolute Gasteiger partial charge is 0.216 e. The SMILES string of the molecule is COc1c(CNCc2ccccc2Cn2cccn2)c(C)nn1C. The summed E-state index contributed by atoms with van der Waals surface area (Å²) in [7, 11) is 3.58. The van der Waals surface area contributed by atoms with Gasteiger partial charge in [-0.3, -0.25) is 4.68 Å². The fraction of sp³-hybridized carbons (Fsp3) is 0.333. The van der Waals surface area contributed by atoms with Gasteiger partial charge in [0.05, 0.1) is 24.9 Å². The van der Waals surface area contributed by atoms with Gasteiger partial charge in [-0.05, 0) is 24.1 Å². The summed E-state index contributed by atoms with van der Waals surface area (Å²) < 4.78 is 9.16. The molecule has 0 spiro atoms. The zero-order valence-corrected chi connectivity index (χ0v) is 14.4. The van der Waals surface area contributed by atoms with E-state index in [0.717, 1.165) is 36.8 Å². The summed E-state index contributed by atoms with van der Waals surface area (Å²) in [6.45, 7) is 4.29. The number of hydrogen-bond acceptors (Lipinski definition) is 4. The Balaban J connectivity index is 1.67. The summed E-state index contributed by atoms with van der Waals surface area (Å²) >= 11 is 0. The van der Waals surface area contributed by atoms with Crippen LogP contribution in [0.15, 0.2) is 42.7 Å². The largest absolute Gasteiger partial charge is 0.481 e. The molecule has 1 N–H and O–H groups in total. The molecule has 2 heterocycles. The third-order valence-electron chi connectivity index (χ3n) is 4.11. The Morgan fingerprint density at radius 3 is 2.62 bits per heavy atom. The molecule has 3 rings (SSSR count). The molecule has 0 aliphatic carbocycles. The van der Waals surface area contributed by atoms with Gasteiger partial charge in [0, 0.05) is 32.5 Å². The average molecular weight is 325 g/mol. The summed E-state index contributed by atoms with van der Waals surface area (Å²) in [4.78, 5) is 0. The van der Waals surface area contributed by atoms with Crippen molar-refractivity contribution in [1.29, 1.82) is 0 Å². The van der Waals surface area contributed by atoms with E-state index in [9.17, 15) is 0 Å². The van der Waals surface area contributed by atoms with E-state index in [2.05, 4.69) is 39.8 Å². The molecule has 0 saturated carbocycles. The van der Waals surface area contributed by atoms with Crippen LogP contribution in [0, 0.1) is 6.92 Å². The molecular weight excluding hydrogens is 302 g/mol. The molecule has 0 aliphatic rings. The standard InChI is InChI=1S/C18H23N5O/c1-14-17(18(24-3)22(2)21-14)12-19-11-15-7-4-5-8-16(15)13-23-10-6-9-20-23/h4-10,19H,11-13H2,1-3H3. The number of ether oxygens (including phenoxy) is 1. The number of aromatic nitrogens is 4. The number of methoxy groups -OCH3 is 1. The van der Waals surface area contributed by atoms with Crippen LogP contribution in [0.25, 0.3) is 0 Å². The van der Waals surface area contributed by atoms with Crippen LogP contribution in [0.3, 0.4) is 0 Å². The summed E-state index contributed by atoms with van der Waals surface area (Å²) in [5, 5.41) is 12.2. The normalized spacial score (nSPS) is 11.0. The fourth-order valence-corrected chi connectivity index (χ4v) is 2.91. The van der Waals surface area contributed by atoms with Gasteiger partial charge < -0.3 is 10.1 Å². The molecule has 24 heavy (non-hydrogen) atoms. The predicted octanol–water partition coefficient (Wildman–Crippen LogP) is 2.27. The Labute approximate surface area is 142 Å². The number of hydrogen-bond donors (Lipinski definition) is 1. The van der Waals surface area contributed by atoms with E-state index >= 15 is 0 Å². The van der Waals surface area contributed by atoms with E-state index in [1.165, 1.54) is 11.1 Å². The summed E-state index contributed by atoms with van der Waals surface area (Å²) in [6.07, 6.45) is 3.78. The van der Waals surface area contributed by atoms with E-state index in [1.807, 2.05) is 30.9 Å². The molecule has 6 heteroatoms. The zero-order chi connectivity index (χ0) is 16.9. The van der Waals surface area contributed by atoms with Gasteiger partial charge in [-0.25, -0.2) is 4.68 Å². The Morgan fingerprint density at radius 2 is 1.92 bits per heavy atom. The van der Waals surface area contributed by atoms with Crippen molar-refractivity contribution in [1.82, 2.24) is 24.9 Å². The molecule has 0 radical (unpaired) electrons. The van der Waals surface area contributed by atoms with Gasteiger partial charge in [-0.15, -0.1) is 0 Å². The van der Waals surface area contributed by atoms with Gasteiger partial charge in [0.2, 0.25) is 5.88 Å². The highest BCUT2D eigenvalue weighted by atomic mass is 16.5. The highest BCUT2D eigenvalue weighted by Crippen LogP contribution is 2.20. The van der Waals surface area contributed by atoms with Crippen LogP contribution in [0.4, 0.5) is 0 Å². The lowest BCUT2D eigenvalue weighted by atomic mass is 10.1. The minimum atomic E-state index is 0.721. The molecule has 0 bridgehead atoms. The van der Waals surface area contributed by atoms with Crippen molar-refractivity contribution in [3.05, 3.63) is 65.1 Å². The number of benzene rings is 1. The van der Waals surface area contributed by atoms with Crippen molar-refractivity contribution >= 4 is 0 Å². The van der Waals surface area contributed by atoms with E-state index in [1.54, 1.807) is 18.0 Å². The third kappa shape index (κ3) is 3.49. The molecule has 6 nitrogen and oxygen atoms in total. The maximum atomic E-state index is 5.44. The highest BCUT2D eigenvalue weighted by Gasteiger charge is 2.13. The van der Waals surface area contributed by atoms with Gasteiger partial charge in [0.1, 0.15) is 0 Å². The molecule has 0 amide bonds. The van der Waals surface area contributed by atoms with Gasteiger partial charge in [0.25, 0.3) is 0 Å². The first-order valence-corrected chi connectivity index (χ1v) is 8.00. The second-order valence-corrected chi connectivity index (χ2v) is 5.77. The summed E-state index contributed by atoms with van der Waals surface area (Å²) in [5.41, 5.74) is 4.63. The summed E-state index contributed by atoms with van der Waals surface area (Å²) in [5.74, 6) is 0.810. The van der Waals surface area contributed by atoms with E-state index in [-0.39, 0.29) is 0 Å². The van der Waals surface area contributed by atoms with Gasteiger partial charge >= 0.3 is 0 Å². The number of nitrogens with zero attached hydrogens (tertiary/aromatic N) is 4. The predicted molar refractivity (Wildman–Crippen MR) is 92.8 cm³/mol. The third-order valence-corrected chi connectivity index (χ3v) is 4.11. The second kappa shape index (κ2) is 7.31. The van der Waals surface area contributed by atoms with Crippen LogP contribution in [0.5, 0.6) is 5.88 Å². The van der Waals surface area contributed by atoms with Crippen LogP contribution >= 0.6 is 0 Å². The lowest BCUT2D eigenvalue weighted by Crippen LogP contribution is -2.16. The van der Waals surface area contributed by atoms with Crippen LogP contribution in [-0.2, 0) is 26.7 Å². The Hall–Kier alpha value is -2.60. The second-order valence-electron chi connectivity index (χ2n) is 5.77. The lowest BCUT2D eigenvalue weighted by molar-refractivity contribution is 0.368. The van der Waals surface area contributed by atoms with Crippen molar-refractivity contribution in [2.45, 2.75) is 26.6 Å². The number of aryl methyl sites for hydroxylation is 2. The molecule has 0 aliphatic heterocycles. The van der Waals surface area contributed by atoms with Gasteiger partial charge in [0.15, 0.2) is 0 Å². The molecule has 3 aromatic rings. The van der Waals surface area contributed by atoms with Crippen LogP contribution < -0.4 is 10.1 Å². The number of rotatable bonds is 7. The van der Waals surface area contributed by atoms with Crippen molar-refractivity contribution in [3.8, 4) is 5.88 Å². The Kier molecular flexibility index (Phi) is 4.96. The van der Waals surface area contributed by atoms with Crippen molar-refractivity contribution < 1.29 is 4.74 Å². The maximum absolute atomic E-state index is 5.44. The fourth-order valence-electron chi connectivity index (χ4n) is 2.91. The minimum absolute atomic E-state index is 0.721. The Bertz CT molecular complexity index is 792. The first-order chi connectivity index (χ1) is 11.7. The van der Waals surface area contributed by atoms with Crippen LogP contribution in [0.1, 0.15) is 22.4 Å². The molecular formula is C18H23N5O. The number of nitrogens with one attached hydrogen (secondary N) is 1. The first kappa shape index (κ1) is 16.3. The van der Waals surface area contributed by atoms with Crippen molar-refractivity contribution in [3.63, 3.8) is 0 Å². The molecule has 126 valence electrons. The maximum Gasteiger partial charge on any atom is 0.216 e. The van der Waals surface area contributed by atoms with E-state index in [0.29, 0.717) is 0 Å². The minimum Gasteiger partial charge on any atom is -0.481 e. The van der Waals surface area contributed by atoms with E-state index in [4.69, 9.17) is 4.74 Å². The highest BCUT2D eigenvalue weighted by molar-refractivity contribution is 5.31. The van der Waals surface area contributed by atoms with Crippen LogP contribution in [0.2, 0.25) is 0 Å². The molecule has 0 atom stereocenters. The zero-order valence-electron chi connectivity index (χ0n) is 14.4. The molecule has 1 aromatic carbocycles.